The van der Waals surface area contributed by atoms with Crippen molar-refractivity contribution in [2.75, 3.05) is 5.32 Å². The summed E-state index contributed by atoms with van der Waals surface area (Å²) in [5.41, 5.74) is 3.34. The van der Waals surface area contributed by atoms with E-state index in [0.717, 1.165) is 0 Å². The van der Waals surface area contributed by atoms with E-state index in [1.54, 1.807) is 0 Å². The van der Waals surface area contributed by atoms with Gasteiger partial charge in [-0.15, -0.1) is 0 Å². The highest BCUT2D eigenvalue weighted by Crippen LogP contribution is 2.36. The van der Waals surface area contributed by atoms with E-state index in [1.807, 2.05) is 0 Å². The van der Waals surface area contributed by atoms with Crippen molar-refractivity contribution in [3.8, 4) is 0 Å². The van der Waals surface area contributed by atoms with Crippen molar-refractivity contribution in [1.82, 2.24) is 0 Å². The number of nitrogens with one attached hydrogen (secondary N) is 1. The molecule has 1 nitrogen and oxygen atoms in total. The van der Waals surface area contributed by atoms with Crippen molar-refractivity contribution in [2.24, 2.45) is 5.41 Å². The van der Waals surface area contributed by atoms with Crippen LogP contribution in [0, 0.1) is 5.41 Å². The molecule has 0 saturated heterocycles. The van der Waals surface area contributed by atoms with Gasteiger partial charge in [-0.05, 0) is 61.6 Å². The molecule has 1 N–H and O–H groups in total. The van der Waals surface area contributed by atoms with Crippen LogP contribution < -0.4 is 5.32 Å². The Kier molecular flexibility index (Phi) is 5.51. The molecular weight excluding hydrogens is 242 g/mol. The van der Waals surface area contributed by atoms with Gasteiger partial charge in [-0.3, -0.25) is 0 Å². The smallest absolute Gasteiger partial charge is 0.0342 e. The molecule has 0 atom stereocenters. The third-order valence-corrected chi connectivity index (χ3v) is 4.73. The Hall–Kier alpha value is -0.980. The second kappa shape index (κ2) is 7.15. The SMILES string of the molecule is CCCCCc1ccc(NC2CCC(C)(C)CC2)cc1. The third-order valence-electron chi connectivity index (χ3n) is 4.73. The fraction of sp³-hybridized carbons (Fsp3) is 0.684. The van der Waals surface area contributed by atoms with Crippen molar-refractivity contribution in [3.05, 3.63) is 29.8 Å². The summed E-state index contributed by atoms with van der Waals surface area (Å²) < 4.78 is 0. The molecule has 0 amide bonds. The van der Waals surface area contributed by atoms with E-state index in [0.29, 0.717) is 11.5 Å². The zero-order chi connectivity index (χ0) is 14.4. The topological polar surface area (TPSA) is 12.0 Å². The molecule has 1 fully saturated rings. The number of aryl methyl sites for hydroxylation is 1. The van der Waals surface area contributed by atoms with Gasteiger partial charge in [-0.2, -0.15) is 0 Å². The summed E-state index contributed by atoms with van der Waals surface area (Å²) in [6.45, 7) is 7.06. The monoisotopic (exact) mass is 273 g/mol. The van der Waals surface area contributed by atoms with Gasteiger partial charge in [0.25, 0.3) is 0 Å². The van der Waals surface area contributed by atoms with Crippen LogP contribution in [0.3, 0.4) is 0 Å². The minimum Gasteiger partial charge on any atom is -0.382 e. The fourth-order valence-corrected chi connectivity index (χ4v) is 3.13. The first-order valence-electron chi connectivity index (χ1n) is 8.44. The summed E-state index contributed by atoms with van der Waals surface area (Å²) >= 11 is 0. The fourth-order valence-electron chi connectivity index (χ4n) is 3.13. The maximum Gasteiger partial charge on any atom is 0.0342 e. The number of unbranched alkanes of at least 4 members (excludes halogenated alkanes) is 2. The Labute approximate surface area is 125 Å². The minimum atomic E-state index is 0.557. The first-order valence-corrected chi connectivity index (χ1v) is 8.44. The summed E-state index contributed by atoms with van der Waals surface area (Å²) in [7, 11) is 0. The Morgan fingerprint density at radius 2 is 1.70 bits per heavy atom. The Bertz CT molecular complexity index is 381. The van der Waals surface area contributed by atoms with Crippen molar-refractivity contribution in [1.29, 1.82) is 0 Å². The number of benzene rings is 1. The van der Waals surface area contributed by atoms with Gasteiger partial charge in [0.05, 0.1) is 0 Å². The van der Waals surface area contributed by atoms with Crippen LogP contribution in [0.1, 0.15) is 71.3 Å². The zero-order valence-corrected chi connectivity index (χ0v) is 13.5. The third kappa shape index (κ3) is 4.85. The Balaban J connectivity index is 1.79. The van der Waals surface area contributed by atoms with Crippen LogP contribution in [0.2, 0.25) is 0 Å². The maximum atomic E-state index is 3.71. The van der Waals surface area contributed by atoms with Crippen LogP contribution in [0.25, 0.3) is 0 Å². The van der Waals surface area contributed by atoms with Crippen LogP contribution in [-0.2, 0) is 6.42 Å². The van der Waals surface area contributed by atoms with Crippen LogP contribution in [-0.4, -0.2) is 6.04 Å². The maximum absolute atomic E-state index is 3.71. The highest BCUT2D eigenvalue weighted by Gasteiger charge is 2.26. The van der Waals surface area contributed by atoms with Crippen molar-refractivity contribution in [2.45, 2.75) is 78.2 Å². The van der Waals surface area contributed by atoms with E-state index >= 15 is 0 Å². The lowest BCUT2D eigenvalue weighted by Gasteiger charge is -2.35. The van der Waals surface area contributed by atoms with Gasteiger partial charge in [-0.25, -0.2) is 0 Å². The molecule has 0 unspecified atom stereocenters. The quantitative estimate of drug-likeness (QED) is 0.646. The van der Waals surface area contributed by atoms with Gasteiger partial charge in [0, 0.05) is 11.7 Å². The highest BCUT2D eigenvalue weighted by atomic mass is 14.9. The lowest BCUT2D eigenvalue weighted by atomic mass is 9.75. The summed E-state index contributed by atoms with van der Waals surface area (Å²) in [5, 5.41) is 3.71. The van der Waals surface area contributed by atoms with Crippen LogP contribution in [0.5, 0.6) is 0 Å². The molecule has 1 saturated carbocycles. The average Bonchev–Trinajstić information content (AvgIpc) is 2.43. The van der Waals surface area contributed by atoms with Crippen LogP contribution in [0.4, 0.5) is 5.69 Å². The molecule has 0 aliphatic heterocycles. The Morgan fingerprint density at radius 1 is 1.05 bits per heavy atom. The molecule has 0 bridgehead atoms. The number of anilines is 1. The van der Waals surface area contributed by atoms with Crippen molar-refractivity contribution >= 4 is 5.69 Å². The molecule has 0 heterocycles. The largest absolute Gasteiger partial charge is 0.382 e. The van der Waals surface area contributed by atoms with Gasteiger partial charge in [0.15, 0.2) is 0 Å². The van der Waals surface area contributed by atoms with E-state index in [2.05, 4.69) is 50.4 Å². The predicted molar refractivity (Wildman–Crippen MR) is 89.3 cm³/mol. The van der Waals surface area contributed by atoms with Gasteiger partial charge in [0.1, 0.15) is 0 Å². The summed E-state index contributed by atoms with van der Waals surface area (Å²) in [6.07, 6.45) is 10.5. The van der Waals surface area contributed by atoms with E-state index in [9.17, 15) is 0 Å². The minimum absolute atomic E-state index is 0.557. The van der Waals surface area contributed by atoms with E-state index in [-0.39, 0.29) is 0 Å². The molecule has 1 aliphatic rings. The van der Waals surface area contributed by atoms with Crippen LogP contribution in [0.15, 0.2) is 24.3 Å². The van der Waals surface area contributed by atoms with Crippen molar-refractivity contribution in [3.63, 3.8) is 0 Å². The lowest BCUT2D eigenvalue weighted by molar-refractivity contribution is 0.232. The molecule has 1 aliphatic carbocycles. The summed E-state index contributed by atoms with van der Waals surface area (Å²) in [4.78, 5) is 0. The molecule has 1 aromatic carbocycles. The number of hydrogen-bond acceptors (Lipinski definition) is 1. The first kappa shape index (κ1) is 15.4. The highest BCUT2D eigenvalue weighted by molar-refractivity contribution is 5.45. The zero-order valence-electron chi connectivity index (χ0n) is 13.5. The summed E-state index contributed by atoms with van der Waals surface area (Å²) in [6, 6.07) is 9.80. The van der Waals surface area contributed by atoms with Gasteiger partial charge < -0.3 is 5.32 Å². The van der Waals surface area contributed by atoms with Crippen molar-refractivity contribution < 1.29 is 0 Å². The molecule has 0 spiro atoms. The van der Waals surface area contributed by atoms with Crippen LogP contribution >= 0.6 is 0 Å². The average molecular weight is 273 g/mol. The molecule has 0 aromatic heterocycles. The second-order valence-corrected chi connectivity index (χ2v) is 7.24. The Morgan fingerprint density at radius 3 is 2.30 bits per heavy atom. The number of hydrogen-bond donors (Lipinski definition) is 1. The van der Waals surface area contributed by atoms with E-state index < -0.39 is 0 Å². The predicted octanol–water partition coefficient (Wildman–Crippen LogP) is 5.80. The normalized spacial score (nSPS) is 18.9. The van der Waals surface area contributed by atoms with E-state index in [4.69, 9.17) is 0 Å². The molecule has 1 aromatic rings. The molecule has 1 heteroatoms. The molecule has 112 valence electrons. The molecule has 2 rings (SSSR count). The molecule has 0 radical (unpaired) electrons. The molecule has 20 heavy (non-hydrogen) atoms. The van der Waals surface area contributed by atoms with Gasteiger partial charge >= 0.3 is 0 Å². The first-order chi connectivity index (χ1) is 9.59. The summed E-state index contributed by atoms with van der Waals surface area (Å²) in [5.74, 6) is 0. The molecular formula is C19H31N. The second-order valence-electron chi connectivity index (χ2n) is 7.24. The van der Waals surface area contributed by atoms with Gasteiger partial charge in [-0.1, -0.05) is 45.7 Å². The van der Waals surface area contributed by atoms with Gasteiger partial charge in [0.2, 0.25) is 0 Å². The standard InChI is InChI=1S/C19H31N/c1-4-5-6-7-16-8-10-17(11-9-16)20-18-12-14-19(2,3)15-13-18/h8-11,18,20H,4-7,12-15H2,1-3H3. The van der Waals surface area contributed by atoms with E-state index in [1.165, 1.54) is 62.6 Å². The number of rotatable bonds is 6. The lowest BCUT2D eigenvalue weighted by Crippen LogP contribution is -2.29.